The van der Waals surface area contributed by atoms with Gasteiger partial charge in [-0.3, -0.25) is 28.6 Å². The number of rotatable bonds is 24. The molecule has 0 aliphatic rings. The molecule has 2 amide bonds. The number of esters is 1. The second-order valence-electron chi connectivity index (χ2n) is 15.4. The van der Waals surface area contributed by atoms with Gasteiger partial charge in [0, 0.05) is 19.0 Å². The van der Waals surface area contributed by atoms with E-state index in [4.69, 9.17) is 34.0 Å². The maximum absolute atomic E-state index is 11.8. The molecule has 0 aliphatic carbocycles. The van der Waals surface area contributed by atoms with E-state index in [-0.39, 0.29) is 50.6 Å². The number of carbonyl (C=O) groups is 5. The number of ether oxygens (including phenoxy) is 2. The van der Waals surface area contributed by atoms with Gasteiger partial charge in [-0.15, -0.1) is 0 Å². The molecule has 0 saturated carbocycles. The number of nitrogens with one attached hydrogen (secondary N) is 2. The van der Waals surface area contributed by atoms with E-state index in [1.54, 1.807) is 27.7 Å². The van der Waals surface area contributed by atoms with Crippen LogP contribution in [0.1, 0.15) is 112 Å². The van der Waals surface area contributed by atoms with Gasteiger partial charge in [0.05, 0.1) is 36.4 Å². The van der Waals surface area contributed by atoms with E-state index in [0.717, 1.165) is 17.6 Å². The number of hydrogen-bond donors (Lipinski definition) is 5. The minimum Gasteiger partial charge on any atom is -0.480 e. The number of alkyl carbamates (subject to hydrolysis) is 1. The molecule has 0 aromatic heterocycles. The first kappa shape index (κ1) is 56.0. The third-order valence-electron chi connectivity index (χ3n) is 8.39. The highest BCUT2D eigenvalue weighted by Crippen LogP contribution is 2.22. The summed E-state index contributed by atoms with van der Waals surface area (Å²) in [6, 6.07) is 7.89. The lowest BCUT2D eigenvalue weighted by Gasteiger charge is -2.26. The molecule has 0 saturated heterocycles. The lowest BCUT2D eigenvalue weighted by molar-refractivity contribution is -0.286. The fraction of sp³-hybridized carbons (Fsp3) is 0.675. The largest absolute Gasteiger partial charge is 0.480 e. The number of benzene rings is 1. The molecule has 0 bridgehead atoms. The molecule has 1 aromatic carbocycles. The summed E-state index contributed by atoms with van der Waals surface area (Å²) < 4.78 is 40.2. The summed E-state index contributed by atoms with van der Waals surface area (Å²) in [5.74, 6) is -2.72. The predicted octanol–water partition coefficient (Wildman–Crippen LogP) is 5.59. The molecule has 58 heavy (non-hydrogen) atoms. The Morgan fingerprint density at radius 1 is 0.897 bits per heavy atom. The van der Waals surface area contributed by atoms with Gasteiger partial charge in [-0.1, -0.05) is 71.0 Å². The monoisotopic (exact) mass is 847 g/mol. The SMILES string of the molecule is C=C(C)COOCCNC(=O)OC(C)COC(=O)C(C)(C)CC.CCC(C)C(=O)NC(C)(C)CS(=O)(=O)O.CCC(C)c1ccc(CN(CC(=O)O)CC(=O)O)cc1. The summed E-state index contributed by atoms with van der Waals surface area (Å²) in [6.07, 6.45) is 1.28. The van der Waals surface area contributed by atoms with Crippen molar-refractivity contribution in [3.05, 3.63) is 47.5 Å². The zero-order chi connectivity index (χ0) is 45.3. The van der Waals surface area contributed by atoms with E-state index in [1.165, 1.54) is 10.5 Å². The molecule has 17 nitrogen and oxygen atoms in total. The van der Waals surface area contributed by atoms with Crippen molar-refractivity contribution in [1.82, 2.24) is 15.5 Å². The van der Waals surface area contributed by atoms with Crippen LogP contribution in [0.2, 0.25) is 0 Å². The molecular weight excluding hydrogens is 779 g/mol. The molecule has 0 aliphatic heterocycles. The molecule has 0 spiro atoms. The van der Waals surface area contributed by atoms with Crippen LogP contribution in [0, 0.1) is 11.3 Å². The maximum atomic E-state index is 11.8. The summed E-state index contributed by atoms with van der Waals surface area (Å²) in [7, 11) is -4.07. The normalized spacial score (nSPS) is 13.0. The number of carboxylic acids is 2. The molecule has 334 valence electrons. The quantitative estimate of drug-likeness (QED) is 0.0213. The first-order valence-electron chi connectivity index (χ1n) is 19.2. The Balaban J connectivity index is 0. The third-order valence-corrected chi connectivity index (χ3v) is 9.47. The van der Waals surface area contributed by atoms with E-state index in [9.17, 15) is 32.4 Å². The summed E-state index contributed by atoms with van der Waals surface area (Å²) in [4.78, 5) is 67.3. The second kappa shape index (κ2) is 28.3. The average molecular weight is 848 g/mol. The Bertz CT molecular complexity index is 1520. The van der Waals surface area contributed by atoms with Gasteiger partial charge < -0.3 is 30.3 Å². The van der Waals surface area contributed by atoms with Crippen LogP contribution in [0.15, 0.2) is 36.4 Å². The van der Waals surface area contributed by atoms with Gasteiger partial charge in [0.2, 0.25) is 5.91 Å². The van der Waals surface area contributed by atoms with Crippen LogP contribution in [0.3, 0.4) is 0 Å². The lowest BCUT2D eigenvalue weighted by atomic mass is 9.91. The van der Waals surface area contributed by atoms with Crippen molar-refractivity contribution in [3.8, 4) is 0 Å². The van der Waals surface area contributed by atoms with E-state index in [0.29, 0.717) is 31.9 Å². The van der Waals surface area contributed by atoms with Gasteiger partial charge in [-0.2, -0.15) is 8.42 Å². The summed E-state index contributed by atoms with van der Waals surface area (Å²) >= 11 is 0. The van der Waals surface area contributed by atoms with E-state index in [1.807, 2.05) is 58.9 Å². The molecule has 3 atom stereocenters. The van der Waals surface area contributed by atoms with Crippen LogP contribution < -0.4 is 10.6 Å². The first-order chi connectivity index (χ1) is 26.7. The van der Waals surface area contributed by atoms with Gasteiger partial charge in [-0.25, -0.2) is 14.6 Å². The van der Waals surface area contributed by atoms with Crippen LogP contribution in [-0.2, 0) is 55.1 Å². The van der Waals surface area contributed by atoms with Crippen molar-refractivity contribution in [2.24, 2.45) is 11.3 Å². The fourth-order valence-corrected chi connectivity index (χ4v) is 5.30. The molecule has 1 rings (SSSR count). The van der Waals surface area contributed by atoms with Gasteiger partial charge in [-0.05, 0) is 77.8 Å². The Morgan fingerprint density at radius 2 is 1.45 bits per heavy atom. The molecule has 0 radical (unpaired) electrons. The first-order valence-corrected chi connectivity index (χ1v) is 20.8. The van der Waals surface area contributed by atoms with Crippen molar-refractivity contribution in [2.75, 3.05) is 45.2 Å². The summed E-state index contributed by atoms with van der Waals surface area (Å²) in [5, 5.41) is 22.7. The predicted molar refractivity (Wildman–Crippen MR) is 219 cm³/mol. The van der Waals surface area contributed by atoms with E-state index >= 15 is 0 Å². The van der Waals surface area contributed by atoms with Gasteiger partial charge in [0.25, 0.3) is 10.1 Å². The van der Waals surface area contributed by atoms with Crippen molar-refractivity contribution in [3.63, 3.8) is 0 Å². The standard InChI is InChI=1S/C16H29NO6.C15H21NO4.C9H19NO4S/c1-7-16(5,6)14(18)20-11-13(4)23-15(19)17-8-9-21-22-10-12(2)3;1-3-11(2)13-6-4-12(5-7-13)8-16(9-14(17)18)10-15(19)20;1-5-7(2)8(11)10-9(3,4)6-15(12,13)14/h13H,2,7-11H2,1,3-6H3,(H,17,19);4-7,11H,3,8-10H2,1-2H3,(H,17,18)(H,19,20);7H,5-6H2,1-4H3,(H,10,11)(H,12,13,14). The zero-order valence-electron chi connectivity index (χ0n) is 36.2. The topological polar surface area (TPSA) is 244 Å². The number of amides is 2. The molecule has 3 unspecified atom stereocenters. The zero-order valence-corrected chi connectivity index (χ0v) is 37.0. The maximum Gasteiger partial charge on any atom is 0.407 e. The molecular formula is C40H69N3O14S. The number of hydrogen-bond acceptors (Lipinski definition) is 12. The Labute approximate surface area is 344 Å². The number of nitrogens with zero attached hydrogens (tertiary/aromatic N) is 1. The molecule has 18 heteroatoms. The van der Waals surface area contributed by atoms with Crippen molar-refractivity contribution in [1.29, 1.82) is 0 Å². The van der Waals surface area contributed by atoms with Gasteiger partial charge in [0.1, 0.15) is 19.3 Å². The molecule has 0 heterocycles. The fourth-order valence-electron chi connectivity index (χ4n) is 4.32. The van der Waals surface area contributed by atoms with Gasteiger partial charge in [0.15, 0.2) is 0 Å². The highest BCUT2D eigenvalue weighted by molar-refractivity contribution is 7.85. The van der Waals surface area contributed by atoms with Crippen LogP contribution in [0.25, 0.3) is 0 Å². The van der Waals surface area contributed by atoms with E-state index in [2.05, 4.69) is 31.1 Å². The Morgan fingerprint density at radius 3 is 1.90 bits per heavy atom. The van der Waals surface area contributed by atoms with E-state index < -0.39 is 51.0 Å². The van der Waals surface area contributed by atoms with Crippen molar-refractivity contribution >= 4 is 40.0 Å². The smallest absolute Gasteiger partial charge is 0.407 e. The highest BCUT2D eigenvalue weighted by Gasteiger charge is 2.29. The molecule has 0 fully saturated rings. The summed E-state index contributed by atoms with van der Waals surface area (Å²) in [6.45, 7) is 24.2. The Hall–Kier alpha value is -4.10. The van der Waals surface area contributed by atoms with Gasteiger partial charge >= 0.3 is 24.0 Å². The lowest BCUT2D eigenvalue weighted by Crippen LogP contribution is -2.49. The van der Waals surface area contributed by atoms with Crippen molar-refractivity contribution < 1.29 is 66.4 Å². The van der Waals surface area contributed by atoms with Crippen LogP contribution in [-0.4, -0.2) is 115 Å². The van der Waals surface area contributed by atoms with Crippen LogP contribution in [0.5, 0.6) is 0 Å². The number of carboxylic acid groups (broad SMARTS) is 2. The second-order valence-corrected chi connectivity index (χ2v) is 16.9. The minimum atomic E-state index is -4.07. The molecule has 1 aromatic rings. The van der Waals surface area contributed by atoms with Crippen molar-refractivity contribution in [2.45, 2.75) is 120 Å². The number of aliphatic carboxylic acids is 2. The number of carbonyl (C=O) groups excluding carboxylic acids is 3. The van der Waals surface area contributed by atoms with Crippen LogP contribution in [0.4, 0.5) is 4.79 Å². The minimum absolute atomic E-state index is 0.0217. The molecule has 5 N–H and O–H groups in total. The van der Waals surface area contributed by atoms with Crippen LogP contribution >= 0.6 is 0 Å². The highest BCUT2D eigenvalue weighted by atomic mass is 32.2. The third kappa shape index (κ3) is 29.2. The Kier molecular flexibility index (Phi) is 27.4. The average Bonchev–Trinajstić information content (AvgIpc) is 3.10. The summed E-state index contributed by atoms with van der Waals surface area (Å²) in [5.41, 5.74) is 1.50.